The third-order valence-corrected chi connectivity index (χ3v) is 1.92. The van der Waals surface area contributed by atoms with Crippen LogP contribution in [0.25, 0.3) is 0 Å². The second-order valence-electron chi connectivity index (χ2n) is 1.44. The average molecular weight is 134 g/mol. The average Bonchev–Trinajstić information content (AvgIpc) is 1.64. The van der Waals surface area contributed by atoms with Gasteiger partial charge in [-0.3, -0.25) is 9.59 Å². The third-order valence-electron chi connectivity index (χ3n) is 0.640. The van der Waals surface area contributed by atoms with Gasteiger partial charge in [0.2, 0.25) is 0 Å². The van der Waals surface area contributed by atoms with Crippen LogP contribution in [0.2, 0.25) is 0 Å². The quantitative estimate of drug-likeness (QED) is 0.520. The standard InChI is InChI=1S/C4H7O3P/c1-3(5)8(7)4(2)6/h8H,1-2H3. The van der Waals surface area contributed by atoms with Crippen LogP contribution in [0.5, 0.6) is 0 Å². The zero-order valence-electron chi connectivity index (χ0n) is 4.72. The van der Waals surface area contributed by atoms with Gasteiger partial charge >= 0.3 is 0 Å². The van der Waals surface area contributed by atoms with Crippen LogP contribution in [0.3, 0.4) is 0 Å². The molecular formula is C4H7O3P. The Morgan fingerprint density at radius 1 is 1.12 bits per heavy atom. The summed E-state index contributed by atoms with van der Waals surface area (Å²) in [4.78, 5) is 20.2. The lowest BCUT2D eigenvalue weighted by Gasteiger charge is -1.84. The van der Waals surface area contributed by atoms with E-state index in [2.05, 4.69) is 0 Å². The molecule has 0 N–H and O–H groups in total. The number of carbonyl (C=O) groups excluding carboxylic acids is 2. The fourth-order valence-corrected chi connectivity index (χ4v) is 0.744. The molecule has 0 aromatic heterocycles. The van der Waals surface area contributed by atoms with Crippen LogP contribution in [0.15, 0.2) is 0 Å². The Hall–Kier alpha value is -0.430. The summed E-state index contributed by atoms with van der Waals surface area (Å²) in [5, 5.41) is 0. The highest BCUT2D eigenvalue weighted by atomic mass is 31.1. The zero-order valence-corrected chi connectivity index (χ0v) is 5.72. The molecule has 0 saturated heterocycles. The number of hydrogen-bond acceptors (Lipinski definition) is 3. The van der Waals surface area contributed by atoms with Crippen LogP contribution in [0.1, 0.15) is 13.8 Å². The Bertz CT molecular complexity index is 133. The van der Waals surface area contributed by atoms with Gasteiger partial charge in [-0.25, -0.2) is 0 Å². The second-order valence-corrected chi connectivity index (χ2v) is 3.51. The van der Waals surface area contributed by atoms with E-state index < -0.39 is 18.8 Å². The molecule has 0 saturated carbocycles. The molecule has 0 aliphatic heterocycles. The van der Waals surface area contributed by atoms with Crippen LogP contribution in [-0.2, 0) is 14.2 Å². The molecule has 0 aliphatic rings. The van der Waals surface area contributed by atoms with Crippen molar-refractivity contribution in [3.8, 4) is 0 Å². The number of hydrogen-bond donors (Lipinski definition) is 0. The summed E-state index contributed by atoms with van der Waals surface area (Å²) >= 11 is 0. The highest BCUT2D eigenvalue weighted by molar-refractivity contribution is 7.78. The van der Waals surface area contributed by atoms with E-state index in [1.165, 1.54) is 0 Å². The second kappa shape index (κ2) is 2.78. The minimum Gasteiger partial charge on any atom is -0.311 e. The molecule has 0 aromatic rings. The molecule has 0 heterocycles. The Kier molecular flexibility index (Phi) is 2.63. The van der Waals surface area contributed by atoms with E-state index in [9.17, 15) is 14.2 Å². The molecular weight excluding hydrogens is 127 g/mol. The highest BCUT2D eigenvalue weighted by Gasteiger charge is 2.08. The van der Waals surface area contributed by atoms with Crippen molar-refractivity contribution in [3.63, 3.8) is 0 Å². The van der Waals surface area contributed by atoms with Gasteiger partial charge in [0.25, 0.3) is 0 Å². The summed E-state index contributed by atoms with van der Waals surface area (Å²) in [6.07, 6.45) is 0. The van der Waals surface area contributed by atoms with E-state index in [1.807, 2.05) is 0 Å². The molecule has 0 rings (SSSR count). The Morgan fingerprint density at radius 3 is 1.38 bits per heavy atom. The summed E-state index contributed by atoms with van der Waals surface area (Å²) in [6.45, 7) is 2.31. The molecule has 3 nitrogen and oxygen atoms in total. The predicted molar refractivity (Wildman–Crippen MR) is 30.4 cm³/mol. The van der Waals surface area contributed by atoms with Crippen LogP contribution in [0, 0.1) is 0 Å². The van der Waals surface area contributed by atoms with E-state index in [0.717, 1.165) is 13.8 Å². The largest absolute Gasteiger partial charge is 0.311 e. The molecule has 0 atom stereocenters. The van der Waals surface area contributed by atoms with Crippen molar-refractivity contribution in [2.45, 2.75) is 13.8 Å². The normalized spacial score (nSPS) is 9.38. The van der Waals surface area contributed by atoms with Gasteiger partial charge in [-0.1, -0.05) is 0 Å². The fraction of sp³-hybridized carbons (Fsp3) is 0.500. The number of rotatable bonds is 2. The van der Waals surface area contributed by atoms with Crippen molar-refractivity contribution >= 4 is 18.8 Å². The smallest absolute Gasteiger partial charge is 0.199 e. The molecule has 0 unspecified atom stereocenters. The Balaban J connectivity index is 4.05. The van der Waals surface area contributed by atoms with E-state index >= 15 is 0 Å². The maximum absolute atomic E-state index is 10.3. The summed E-state index contributed by atoms with van der Waals surface area (Å²) in [5.74, 6) is 0. The zero-order chi connectivity index (χ0) is 6.73. The lowest BCUT2D eigenvalue weighted by atomic mass is 10.9. The molecule has 0 radical (unpaired) electrons. The monoisotopic (exact) mass is 134 g/mol. The topological polar surface area (TPSA) is 51.2 Å². The highest BCUT2D eigenvalue weighted by Crippen LogP contribution is 2.20. The summed E-state index contributed by atoms with van der Waals surface area (Å²) < 4.78 is 10.3. The van der Waals surface area contributed by atoms with Crippen molar-refractivity contribution in [1.29, 1.82) is 0 Å². The molecule has 0 spiro atoms. The SMILES string of the molecule is CC(=O)[PH](=O)C(C)=O. The molecule has 8 heavy (non-hydrogen) atoms. The minimum atomic E-state index is -2.55. The van der Waals surface area contributed by atoms with E-state index in [0.29, 0.717) is 0 Å². The van der Waals surface area contributed by atoms with Crippen molar-refractivity contribution < 1.29 is 14.2 Å². The third kappa shape index (κ3) is 2.03. The van der Waals surface area contributed by atoms with Gasteiger partial charge < -0.3 is 4.57 Å². The molecule has 0 aromatic carbocycles. The fourth-order valence-electron chi connectivity index (χ4n) is 0.248. The van der Waals surface area contributed by atoms with Gasteiger partial charge in [-0.05, 0) is 0 Å². The Labute approximate surface area is 47.9 Å². The summed E-state index contributed by atoms with van der Waals surface area (Å²) in [6, 6.07) is 0. The van der Waals surface area contributed by atoms with Gasteiger partial charge in [0.05, 0.1) is 0 Å². The maximum Gasteiger partial charge on any atom is 0.199 e. The van der Waals surface area contributed by atoms with E-state index in [4.69, 9.17) is 0 Å². The molecule has 0 aliphatic carbocycles. The van der Waals surface area contributed by atoms with Crippen molar-refractivity contribution in [1.82, 2.24) is 0 Å². The lowest BCUT2D eigenvalue weighted by molar-refractivity contribution is -0.112. The van der Waals surface area contributed by atoms with Gasteiger partial charge in [-0.15, -0.1) is 0 Å². The lowest BCUT2D eigenvalue weighted by Crippen LogP contribution is -1.88. The minimum absolute atomic E-state index is 0.512. The first-order valence-electron chi connectivity index (χ1n) is 2.11. The Morgan fingerprint density at radius 2 is 1.38 bits per heavy atom. The molecule has 4 heteroatoms. The van der Waals surface area contributed by atoms with Crippen LogP contribution >= 0.6 is 7.80 Å². The van der Waals surface area contributed by atoms with E-state index in [1.54, 1.807) is 0 Å². The summed E-state index contributed by atoms with van der Waals surface area (Å²) in [7, 11) is -2.55. The predicted octanol–water partition coefficient (Wildman–Crippen LogP) is 0.639. The number of carbonyl (C=O) groups is 2. The van der Waals surface area contributed by atoms with Crippen LogP contribution in [-0.4, -0.2) is 11.0 Å². The first-order chi connectivity index (χ1) is 3.55. The molecule has 46 valence electrons. The summed E-state index contributed by atoms with van der Waals surface area (Å²) in [5.41, 5.74) is -1.02. The van der Waals surface area contributed by atoms with Gasteiger partial charge in [0, 0.05) is 13.8 Å². The van der Waals surface area contributed by atoms with Gasteiger partial charge in [-0.2, -0.15) is 0 Å². The molecule has 0 amide bonds. The van der Waals surface area contributed by atoms with E-state index in [-0.39, 0.29) is 0 Å². The molecule has 0 fully saturated rings. The first-order valence-corrected chi connectivity index (χ1v) is 3.52. The van der Waals surface area contributed by atoms with Gasteiger partial charge in [0.1, 0.15) is 0 Å². The van der Waals surface area contributed by atoms with Crippen LogP contribution in [0.4, 0.5) is 0 Å². The van der Waals surface area contributed by atoms with Crippen molar-refractivity contribution in [2.24, 2.45) is 0 Å². The first kappa shape index (κ1) is 7.57. The van der Waals surface area contributed by atoms with Crippen LogP contribution < -0.4 is 0 Å². The maximum atomic E-state index is 10.3. The van der Waals surface area contributed by atoms with Crippen molar-refractivity contribution in [2.75, 3.05) is 0 Å². The van der Waals surface area contributed by atoms with Crippen molar-refractivity contribution in [3.05, 3.63) is 0 Å². The van der Waals surface area contributed by atoms with Gasteiger partial charge in [0.15, 0.2) is 18.8 Å². The molecule has 0 bridgehead atoms.